The number of hydrogen-bond acceptors (Lipinski definition) is 6. The van der Waals surface area contributed by atoms with Crippen molar-refractivity contribution in [3.8, 4) is 0 Å². The van der Waals surface area contributed by atoms with Crippen LogP contribution in [0.1, 0.15) is 58.3 Å². The summed E-state index contributed by atoms with van der Waals surface area (Å²) in [4.78, 5) is 47.2. The maximum absolute atomic E-state index is 14.2. The summed E-state index contributed by atoms with van der Waals surface area (Å²) in [6.07, 6.45) is 13.9. The summed E-state index contributed by atoms with van der Waals surface area (Å²) in [6, 6.07) is 7.08. The molecule has 4 fully saturated rings. The quantitative estimate of drug-likeness (QED) is 0.338. The highest BCUT2D eigenvalue weighted by molar-refractivity contribution is 7.98. The third-order valence-electron chi connectivity index (χ3n) is 9.83. The van der Waals surface area contributed by atoms with Gasteiger partial charge in [0, 0.05) is 29.7 Å². The second-order valence-corrected chi connectivity index (χ2v) is 13.6. The number of fused-ring (bicyclic) bond motifs is 1. The number of amides is 3. The lowest BCUT2D eigenvalue weighted by Gasteiger charge is -2.35. The summed E-state index contributed by atoms with van der Waals surface area (Å²) >= 11 is 1.61. The molecule has 5 aliphatic rings. The zero-order chi connectivity index (χ0) is 28.6. The van der Waals surface area contributed by atoms with E-state index in [1.807, 2.05) is 42.7 Å². The molecule has 9 heteroatoms. The Bertz CT molecular complexity index is 1190. The van der Waals surface area contributed by atoms with Gasteiger partial charge in [0.05, 0.1) is 17.9 Å². The molecule has 6 atom stereocenters. The monoisotopic (exact) mass is 580 g/mol. The Morgan fingerprint density at radius 2 is 1.93 bits per heavy atom. The van der Waals surface area contributed by atoms with Crippen molar-refractivity contribution in [3.63, 3.8) is 0 Å². The van der Waals surface area contributed by atoms with Crippen molar-refractivity contribution >= 4 is 35.2 Å². The molecule has 1 saturated carbocycles. The van der Waals surface area contributed by atoms with Gasteiger partial charge in [0.2, 0.25) is 17.7 Å². The van der Waals surface area contributed by atoms with Crippen LogP contribution in [0.4, 0.5) is 5.69 Å². The van der Waals surface area contributed by atoms with E-state index < -0.39 is 29.6 Å². The summed E-state index contributed by atoms with van der Waals surface area (Å²) in [5.74, 6) is -1.20. The van der Waals surface area contributed by atoms with Gasteiger partial charge in [0.15, 0.2) is 0 Å². The topological polar surface area (TPSA) is 91.0 Å². The molecule has 1 spiro atoms. The van der Waals surface area contributed by atoms with E-state index in [-0.39, 0.29) is 23.8 Å². The first-order chi connectivity index (χ1) is 19.9. The maximum atomic E-state index is 14.2. The first-order valence-corrected chi connectivity index (χ1v) is 16.8. The van der Waals surface area contributed by atoms with Crippen molar-refractivity contribution < 1.29 is 19.1 Å². The molecular formula is C32H44N4O4S. The average molecular weight is 581 g/mol. The Morgan fingerprint density at radius 3 is 2.71 bits per heavy atom. The predicted molar refractivity (Wildman–Crippen MR) is 161 cm³/mol. The molecule has 3 saturated heterocycles. The lowest BCUT2D eigenvalue weighted by atomic mass is 9.74. The molecule has 2 N–H and O–H groups in total. The van der Waals surface area contributed by atoms with Crippen LogP contribution in [0.25, 0.3) is 0 Å². The lowest BCUT2D eigenvalue weighted by Crippen LogP contribution is -2.56. The number of nitrogens with one attached hydrogen (secondary N) is 2. The molecule has 6 unspecified atom stereocenters. The van der Waals surface area contributed by atoms with E-state index >= 15 is 0 Å². The van der Waals surface area contributed by atoms with Gasteiger partial charge in [-0.15, -0.1) is 11.8 Å². The van der Waals surface area contributed by atoms with Crippen LogP contribution in [0.2, 0.25) is 0 Å². The summed E-state index contributed by atoms with van der Waals surface area (Å²) in [7, 11) is 0. The number of rotatable bonds is 9. The van der Waals surface area contributed by atoms with E-state index in [1.165, 1.54) is 19.3 Å². The smallest absolute Gasteiger partial charge is 0.246 e. The lowest BCUT2D eigenvalue weighted by molar-refractivity contribution is -0.141. The van der Waals surface area contributed by atoms with E-state index in [1.54, 1.807) is 16.7 Å². The fraction of sp³-hybridized carbons (Fsp3) is 0.656. The van der Waals surface area contributed by atoms with Crippen molar-refractivity contribution in [1.29, 1.82) is 0 Å². The van der Waals surface area contributed by atoms with Crippen LogP contribution in [-0.2, 0) is 19.1 Å². The predicted octanol–water partition coefficient (Wildman–Crippen LogP) is 4.07. The SMILES string of the molecule is CSc1cccc(NC(=O)C2C3C=CC4(O3)C2C(=O)N(CCCN2CCCC(C)C2)C4C(=O)NC2CCCCC2)c1. The molecule has 4 heterocycles. The summed E-state index contributed by atoms with van der Waals surface area (Å²) in [5.41, 5.74) is -0.407. The Morgan fingerprint density at radius 1 is 1.10 bits per heavy atom. The Hall–Kier alpha value is -2.36. The molecule has 1 aromatic rings. The highest BCUT2D eigenvalue weighted by atomic mass is 32.2. The van der Waals surface area contributed by atoms with Crippen molar-refractivity contribution in [2.45, 2.75) is 87.0 Å². The van der Waals surface area contributed by atoms with Gasteiger partial charge in [0.1, 0.15) is 11.6 Å². The van der Waals surface area contributed by atoms with Crippen LogP contribution in [0.5, 0.6) is 0 Å². The van der Waals surface area contributed by atoms with E-state index in [0.29, 0.717) is 18.2 Å². The molecule has 2 bridgehead atoms. The summed E-state index contributed by atoms with van der Waals surface area (Å²) in [6.45, 7) is 5.85. The highest BCUT2D eigenvalue weighted by Gasteiger charge is 2.72. The Labute approximate surface area is 248 Å². The number of thioether (sulfide) groups is 1. The average Bonchev–Trinajstić information content (AvgIpc) is 3.61. The number of carbonyl (C=O) groups excluding carboxylic acids is 3. The minimum atomic E-state index is -1.11. The molecular weight excluding hydrogens is 536 g/mol. The summed E-state index contributed by atoms with van der Waals surface area (Å²) < 4.78 is 6.52. The van der Waals surface area contributed by atoms with Crippen LogP contribution in [0.15, 0.2) is 41.3 Å². The van der Waals surface area contributed by atoms with Crippen molar-refractivity contribution in [2.24, 2.45) is 17.8 Å². The number of anilines is 1. The van der Waals surface area contributed by atoms with Crippen LogP contribution in [-0.4, -0.2) is 83.7 Å². The molecule has 4 aliphatic heterocycles. The number of piperidine rings is 1. The fourth-order valence-corrected chi connectivity index (χ4v) is 8.38. The van der Waals surface area contributed by atoms with Gasteiger partial charge >= 0.3 is 0 Å². The van der Waals surface area contributed by atoms with E-state index in [2.05, 4.69) is 22.5 Å². The van der Waals surface area contributed by atoms with Gasteiger partial charge < -0.3 is 25.2 Å². The summed E-state index contributed by atoms with van der Waals surface area (Å²) in [5, 5.41) is 6.33. The van der Waals surface area contributed by atoms with Gasteiger partial charge in [-0.05, 0) is 75.6 Å². The van der Waals surface area contributed by atoms with Gasteiger partial charge in [-0.25, -0.2) is 0 Å². The molecule has 41 heavy (non-hydrogen) atoms. The highest BCUT2D eigenvalue weighted by Crippen LogP contribution is 2.55. The van der Waals surface area contributed by atoms with Gasteiger partial charge in [0.25, 0.3) is 0 Å². The van der Waals surface area contributed by atoms with Gasteiger partial charge in [-0.1, -0.05) is 44.4 Å². The standard InChI is InChI=1S/C32H44N4O4S/c1-21-9-7-16-35(20-21)17-8-18-36-28(30(38)33-22-10-4-3-5-11-22)32-15-14-25(40-32)26(27(32)31(36)39)29(37)34-23-12-6-13-24(19-23)41-2/h6,12-15,19,21-22,25-28H,3-5,7-11,16-18,20H2,1-2H3,(H,33,38)(H,34,37). The zero-order valence-electron chi connectivity index (χ0n) is 24.3. The third kappa shape index (κ3) is 5.57. The largest absolute Gasteiger partial charge is 0.359 e. The number of likely N-dealkylation sites (tertiary alicyclic amines) is 2. The van der Waals surface area contributed by atoms with Crippen molar-refractivity contribution in [2.75, 3.05) is 37.8 Å². The molecule has 3 amide bonds. The van der Waals surface area contributed by atoms with E-state index in [0.717, 1.165) is 56.6 Å². The van der Waals surface area contributed by atoms with Crippen LogP contribution in [0.3, 0.4) is 0 Å². The zero-order valence-corrected chi connectivity index (χ0v) is 25.2. The number of carbonyl (C=O) groups is 3. The first-order valence-electron chi connectivity index (χ1n) is 15.5. The van der Waals surface area contributed by atoms with Crippen molar-refractivity contribution in [1.82, 2.24) is 15.1 Å². The fourth-order valence-electron chi connectivity index (χ4n) is 7.92. The minimum absolute atomic E-state index is 0.129. The molecule has 0 radical (unpaired) electrons. The number of nitrogens with zero attached hydrogens (tertiary/aromatic N) is 2. The van der Waals surface area contributed by atoms with Crippen LogP contribution in [0, 0.1) is 17.8 Å². The molecule has 6 rings (SSSR count). The molecule has 1 aliphatic carbocycles. The number of hydrogen-bond donors (Lipinski definition) is 2. The molecule has 0 aromatic heterocycles. The van der Waals surface area contributed by atoms with Gasteiger partial charge in [-0.3, -0.25) is 14.4 Å². The number of benzene rings is 1. The molecule has 1 aromatic carbocycles. The Balaban J connectivity index is 1.23. The Kier molecular flexibility index (Phi) is 8.48. The molecule has 222 valence electrons. The van der Waals surface area contributed by atoms with Crippen LogP contribution < -0.4 is 10.6 Å². The second-order valence-electron chi connectivity index (χ2n) is 12.7. The molecule has 8 nitrogen and oxygen atoms in total. The second kappa shape index (κ2) is 12.1. The maximum Gasteiger partial charge on any atom is 0.246 e. The van der Waals surface area contributed by atoms with Gasteiger partial charge in [-0.2, -0.15) is 0 Å². The van der Waals surface area contributed by atoms with Crippen LogP contribution >= 0.6 is 11.8 Å². The third-order valence-corrected chi connectivity index (χ3v) is 10.6. The normalized spacial score (nSPS) is 33.3. The van der Waals surface area contributed by atoms with E-state index in [4.69, 9.17) is 4.74 Å². The number of ether oxygens (including phenoxy) is 1. The first kappa shape index (κ1) is 28.7. The minimum Gasteiger partial charge on any atom is -0.359 e. The van der Waals surface area contributed by atoms with Crippen molar-refractivity contribution in [3.05, 3.63) is 36.4 Å². The van der Waals surface area contributed by atoms with E-state index in [9.17, 15) is 14.4 Å².